The van der Waals surface area contributed by atoms with Crippen molar-refractivity contribution < 1.29 is 42.9 Å². The molecule has 0 radical (unpaired) electrons. The van der Waals surface area contributed by atoms with E-state index in [9.17, 15) is 19.2 Å². The molecule has 1 saturated heterocycles. The molecule has 3 fully saturated rings. The molecule has 8 atom stereocenters. The van der Waals surface area contributed by atoms with E-state index in [0.29, 0.717) is 19.4 Å². The SMILES string of the molecule is CC(=O)OCC(OC(C)=O)[C@@]1(C)CC[C@@H]2[C@@]3(C)[C@H](OC(C)=O)CC[C@@](C)(COC(C)=O)[C@@H]3CC[C@@]2(C)O1. The first-order chi connectivity index (χ1) is 17.1. The molecule has 1 unspecified atom stereocenters. The van der Waals surface area contributed by atoms with E-state index >= 15 is 0 Å². The van der Waals surface area contributed by atoms with Crippen LogP contribution in [-0.4, -0.2) is 60.5 Å². The number of esters is 4. The van der Waals surface area contributed by atoms with Gasteiger partial charge in [-0.05, 0) is 64.2 Å². The van der Waals surface area contributed by atoms with Crippen LogP contribution in [0.5, 0.6) is 0 Å². The van der Waals surface area contributed by atoms with E-state index in [4.69, 9.17) is 23.7 Å². The Morgan fingerprint density at radius 3 is 1.97 bits per heavy atom. The zero-order valence-corrected chi connectivity index (χ0v) is 23.6. The van der Waals surface area contributed by atoms with Crippen molar-refractivity contribution in [1.82, 2.24) is 0 Å². The normalized spacial score (nSPS) is 39.8. The predicted molar refractivity (Wildman–Crippen MR) is 133 cm³/mol. The first-order valence-corrected chi connectivity index (χ1v) is 13.4. The van der Waals surface area contributed by atoms with Crippen LogP contribution in [0.2, 0.25) is 0 Å². The number of ether oxygens (including phenoxy) is 5. The van der Waals surface area contributed by atoms with Crippen LogP contribution in [0.1, 0.15) is 93.9 Å². The summed E-state index contributed by atoms with van der Waals surface area (Å²) in [6, 6.07) is 0. The van der Waals surface area contributed by atoms with Crippen molar-refractivity contribution in [2.75, 3.05) is 13.2 Å². The largest absolute Gasteiger partial charge is 0.465 e. The van der Waals surface area contributed by atoms with E-state index in [2.05, 4.69) is 20.8 Å². The Hall–Kier alpha value is -2.16. The summed E-state index contributed by atoms with van der Waals surface area (Å²) in [5.41, 5.74) is -2.12. The Labute approximate surface area is 220 Å². The minimum absolute atomic E-state index is 0.0415. The lowest BCUT2D eigenvalue weighted by atomic mass is 9.43. The van der Waals surface area contributed by atoms with Crippen LogP contribution < -0.4 is 0 Å². The minimum atomic E-state index is -0.859. The van der Waals surface area contributed by atoms with Crippen molar-refractivity contribution in [3.05, 3.63) is 0 Å². The fourth-order valence-electron chi connectivity index (χ4n) is 7.84. The molecule has 1 heterocycles. The number of fused-ring (bicyclic) bond motifs is 3. The quantitative estimate of drug-likeness (QED) is 0.358. The Morgan fingerprint density at radius 1 is 0.784 bits per heavy atom. The summed E-state index contributed by atoms with van der Waals surface area (Å²) < 4.78 is 29.2. The van der Waals surface area contributed by atoms with Gasteiger partial charge in [-0.25, -0.2) is 0 Å². The van der Waals surface area contributed by atoms with E-state index in [1.54, 1.807) is 0 Å². The molecule has 2 aliphatic carbocycles. The average Bonchev–Trinajstić information content (AvgIpc) is 2.76. The molecule has 3 aliphatic rings. The smallest absolute Gasteiger partial charge is 0.303 e. The second-order valence-corrected chi connectivity index (χ2v) is 12.2. The van der Waals surface area contributed by atoms with Gasteiger partial charge < -0.3 is 23.7 Å². The zero-order valence-electron chi connectivity index (χ0n) is 23.6. The summed E-state index contributed by atoms with van der Waals surface area (Å²) >= 11 is 0. The first kappa shape index (κ1) is 29.4. The predicted octanol–water partition coefficient (Wildman–Crippen LogP) is 4.14. The van der Waals surface area contributed by atoms with Crippen molar-refractivity contribution in [2.24, 2.45) is 22.7 Å². The number of carbonyl (C=O) groups is 4. The van der Waals surface area contributed by atoms with Crippen LogP contribution in [0.25, 0.3) is 0 Å². The summed E-state index contributed by atoms with van der Waals surface area (Å²) in [5, 5.41) is 0. The molecule has 0 spiro atoms. The third-order valence-electron chi connectivity index (χ3n) is 9.42. The van der Waals surface area contributed by atoms with E-state index in [0.717, 1.165) is 25.7 Å². The maximum atomic E-state index is 12.2. The lowest BCUT2D eigenvalue weighted by Gasteiger charge is -2.67. The average molecular weight is 525 g/mol. The van der Waals surface area contributed by atoms with Crippen LogP contribution in [0.4, 0.5) is 0 Å². The van der Waals surface area contributed by atoms with Crippen LogP contribution in [0.3, 0.4) is 0 Å². The van der Waals surface area contributed by atoms with Gasteiger partial charge in [-0.15, -0.1) is 0 Å². The molecule has 3 rings (SSSR count). The van der Waals surface area contributed by atoms with Crippen molar-refractivity contribution in [3.8, 4) is 0 Å². The maximum Gasteiger partial charge on any atom is 0.303 e. The van der Waals surface area contributed by atoms with Crippen LogP contribution in [0.15, 0.2) is 0 Å². The summed E-state index contributed by atoms with van der Waals surface area (Å²) in [6.45, 7) is 14.2. The second kappa shape index (κ2) is 10.5. The molecule has 0 aromatic carbocycles. The highest BCUT2D eigenvalue weighted by Crippen LogP contribution is 2.66. The Balaban J connectivity index is 1.96. The number of rotatable bonds is 7. The van der Waals surface area contributed by atoms with Gasteiger partial charge in [0.15, 0.2) is 6.10 Å². The van der Waals surface area contributed by atoms with Gasteiger partial charge in [0.05, 0.1) is 12.2 Å². The molecule has 9 heteroatoms. The van der Waals surface area contributed by atoms with E-state index < -0.39 is 34.7 Å². The standard InChI is InChI=1S/C28H44O9/c1-17(29)33-15-24(36-20(4)32)27(7)14-10-22-26(6,37-27)13-9-21-25(5,16-34-18(2)30)12-11-23(28(21,22)8)35-19(3)31/h21-24H,9-16H2,1-8H3/t21-,22-,23+,24?,25-,26+,27+,28-/m0/s1. The molecule has 0 N–H and O–H groups in total. The molecule has 37 heavy (non-hydrogen) atoms. The van der Waals surface area contributed by atoms with Crippen LogP contribution in [0, 0.1) is 22.7 Å². The van der Waals surface area contributed by atoms with Crippen LogP contribution >= 0.6 is 0 Å². The topological polar surface area (TPSA) is 114 Å². The highest BCUT2D eigenvalue weighted by atomic mass is 16.6. The van der Waals surface area contributed by atoms with Crippen molar-refractivity contribution in [1.29, 1.82) is 0 Å². The van der Waals surface area contributed by atoms with Crippen molar-refractivity contribution in [3.63, 3.8) is 0 Å². The van der Waals surface area contributed by atoms with Gasteiger partial charge in [0.1, 0.15) is 18.3 Å². The van der Waals surface area contributed by atoms with Gasteiger partial charge in [0, 0.05) is 38.5 Å². The highest BCUT2D eigenvalue weighted by molar-refractivity contribution is 5.67. The number of carbonyl (C=O) groups excluding carboxylic acids is 4. The summed E-state index contributed by atoms with van der Waals surface area (Å²) in [4.78, 5) is 47.3. The Morgan fingerprint density at radius 2 is 1.41 bits per heavy atom. The van der Waals surface area contributed by atoms with Gasteiger partial charge in [-0.3, -0.25) is 19.2 Å². The minimum Gasteiger partial charge on any atom is -0.465 e. The van der Waals surface area contributed by atoms with Gasteiger partial charge in [0.25, 0.3) is 0 Å². The third kappa shape index (κ3) is 5.81. The molecule has 0 aromatic heterocycles. The van der Waals surface area contributed by atoms with Crippen molar-refractivity contribution in [2.45, 2.75) is 117 Å². The fourth-order valence-corrected chi connectivity index (χ4v) is 7.84. The molecular formula is C28H44O9. The van der Waals surface area contributed by atoms with Gasteiger partial charge >= 0.3 is 23.9 Å². The highest BCUT2D eigenvalue weighted by Gasteiger charge is 2.67. The van der Waals surface area contributed by atoms with E-state index in [1.165, 1.54) is 27.7 Å². The monoisotopic (exact) mass is 524 g/mol. The molecule has 210 valence electrons. The Kier molecular flexibility index (Phi) is 8.38. The lowest BCUT2D eigenvalue weighted by Crippen LogP contribution is -2.69. The Bertz CT molecular complexity index is 917. The van der Waals surface area contributed by atoms with Gasteiger partial charge in [-0.1, -0.05) is 13.8 Å². The molecule has 9 nitrogen and oxygen atoms in total. The third-order valence-corrected chi connectivity index (χ3v) is 9.42. The number of hydrogen-bond acceptors (Lipinski definition) is 9. The number of hydrogen-bond donors (Lipinski definition) is 0. The van der Waals surface area contributed by atoms with Crippen LogP contribution in [-0.2, 0) is 42.9 Å². The summed E-state index contributed by atoms with van der Waals surface area (Å²) in [6.07, 6.45) is 3.30. The summed E-state index contributed by atoms with van der Waals surface area (Å²) in [5.74, 6) is -1.33. The van der Waals surface area contributed by atoms with E-state index in [1.807, 2.05) is 6.92 Å². The molecule has 2 saturated carbocycles. The van der Waals surface area contributed by atoms with Gasteiger partial charge in [0.2, 0.25) is 0 Å². The lowest BCUT2D eigenvalue weighted by molar-refractivity contribution is -0.306. The van der Waals surface area contributed by atoms with Gasteiger partial charge in [-0.2, -0.15) is 0 Å². The fraction of sp³-hybridized carbons (Fsp3) is 0.857. The zero-order chi connectivity index (χ0) is 27.8. The molecule has 0 aromatic rings. The van der Waals surface area contributed by atoms with Crippen molar-refractivity contribution >= 4 is 23.9 Å². The second-order valence-electron chi connectivity index (χ2n) is 12.2. The summed E-state index contributed by atoms with van der Waals surface area (Å²) in [7, 11) is 0. The molecule has 0 bridgehead atoms. The molecule has 0 amide bonds. The molecular weight excluding hydrogens is 480 g/mol. The maximum absolute atomic E-state index is 12.2. The molecule has 1 aliphatic heterocycles. The van der Waals surface area contributed by atoms with E-state index in [-0.39, 0.29) is 41.9 Å². The first-order valence-electron chi connectivity index (χ1n) is 13.4.